The maximum absolute atomic E-state index is 14.0. The molecule has 0 unspecified atom stereocenters. The number of aromatic nitrogens is 1. The third-order valence-corrected chi connectivity index (χ3v) is 8.03. The molecule has 0 fully saturated rings. The van der Waals surface area contributed by atoms with E-state index in [1.54, 1.807) is 32.0 Å². The minimum atomic E-state index is -1.15. The van der Waals surface area contributed by atoms with E-state index in [0.29, 0.717) is 6.42 Å². The van der Waals surface area contributed by atoms with E-state index in [1.165, 1.54) is 0 Å². The number of benzene rings is 3. The average molecular weight is 710 g/mol. The number of carbonyl (C=O) groups excluding carboxylic acids is 3. The molecule has 276 valence electrons. The molecule has 0 radical (unpaired) electrons. The van der Waals surface area contributed by atoms with Crippen LogP contribution in [0.5, 0.6) is 0 Å². The molecule has 0 saturated carbocycles. The van der Waals surface area contributed by atoms with Crippen molar-refractivity contribution >= 4 is 18.1 Å². The van der Waals surface area contributed by atoms with Crippen LogP contribution in [-0.4, -0.2) is 63.5 Å². The van der Waals surface area contributed by atoms with Gasteiger partial charge in [0.15, 0.2) is 0 Å². The van der Waals surface area contributed by atoms with Crippen LogP contribution in [0, 0.1) is 5.41 Å². The van der Waals surface area contributed by atoms with E-state index < -0.39 is 47.3 Å². The second-order valence-electron chi connectivity index (χ2n) is 14.8. The Morgan fingerprint density at radius 1 is 0.750 bits per heavy atom. The van der Waals surface area contributed by atoms with Crippen molar-refractivity contribution in [2.45, 2.75) is 84.9 Å². The minimum absolute atomic E-state index is 0.0470. The van der Waals surface area contributed by atoms with Gasteiger partial charge in [0.1, 0.15) is 18.2 Å². The number of ether oxygens (including phenoxy) is 2. The van der Waals surface area contributed by atoms with Crippen molar-refractivity contribution in [2.75, 3.05) is 6.54 Å². The van der Waals surface area contributed by atoms with Crippen LogP contribution in [0.2, 0.25) is 0 Å². The summed E-state index contributed by atoms with van der Waals surface area (Å²) in [6, 6.07) is 30.4. The average Bonchev–Trinajstić information content (AvgIpc) is 3.09. The summed E-state index contributed by atoms with van der Waals surface area (Å²) in [5.41, 5.74) is 5.80. The Morgan fingerprint density at radius 2 is 1.37 bits per heavy atom. The number of alkyl carbamates (subject to hydrolysis) is 2. The zero-order valence-electron chi connectivity index (χ0n) is 30.8. The van der Waals surface area contributed by atoms with Gasteiger partial charge in [0, 0.05) is 24.8 Å². The van der Waals surface area contributed by atoms with Gasteiger partial charge >= 0.3 is 12.2 Å². The number of rotatable bonds is 14. The van der Waals surface area contributed by atoms with Gasteiger partial charge in [-0.3, -0.25) is 15.2 Å². The predicted molar refractivity (Wildman–Crippen MR) is 201 cm³/mol. The van der Waals surface area contributed by atoms with Gasteiger partial charge in [0.25, 0.3) is 5.91 Å². The van der Waals surface area contributed by atoms with Crippen molar-refractivity contribution < 1.29 is 29.0 Å². The van der Waals surface area contributed by atoms with E-state index in [2.05, 4.69) is 21.0 Å². The summed E-state index contributed by atoms with van der Waals surface area (Å²) in [5.74, 6) is -0.499. The van der Waals surface area contributed by atoms with Gasteiger partial charge < -0.3 is 25.2 Å². The van der Waals surface area contributed by atoms with Crippen molar-refractivity contribution in [1.29, 1.82) is 0 Å². The highest BCUT2D eigenvalue weighted by molar-refractivity contribution is 5.86. The van der Waals surface area contributed by atoms with Crippen molar-refractivity contribution in [1.82, 2.24) is 26.1 Å². The SMILES string of the molecule is CC(C)(C)OC(=O)N[C@@H](Cc1ccccc1)[C@@H](O)CN(Cc1ccc(-c2ccccn2)cc1)NC(=O)[C@@H](NC(=O)OCc1ccccc1)C(C)(C)C. The molecule has 11 heteroatoms. The Balaban J connectivity index is 1.56. The Kier molecular flexibility index (Phi) is 13.9. The van der Waals surface area contributed by atoms with E-state index in [0.717, 1.165) is 27.9 Å². The van der Waals surface area contributed by atoms with Crippen LogP contribution in [-0.2, 0) is 33.8 Å². The van der Waals surface area contributed by atoms with Crippen LogP contribution in [0.3, 0.4) is 0 Å². The number of hydrogen-bond acceptors (Lipinski definition) is 8. The molecule has 1 aromatic heterocycles. The molecule has 4 rings (SSSR count). The van der Waals surface area contributed by atoms with Crippen LogP contribution in [0.15, 0.2) is 109 Å². The first-order valence-electron chi connectivity index (χ1n) is 17.4. The lowest BCUT2D eigenvalue weighted by atomic mass is 9.86. The van der Waals surface area contributed by atoms with Gasteiger partial charge in [0.05, 0.1) is 17.8 Å². The molecule has 1 heterocycles. The summed E-state index contributed by atoms with van der Waals surface area (Å²) in [6.45, 7) is 11.0. The molecule has 0 spiro atoms. The highest BCUT2D eigenvalue weighted by Gasteiger charge is 2.35. The first-order chi connectivity index (χ1) is 24.7. The summed E-state index contributed by atoms with van der Waals surface area (Å²) < 4.78 is 11.0. The molecule has 0 aliphatic heterocycles. The van der Waals surface area contributed by atoms with E-state index in [9.17, 15) is 19.5 Å². The van der Waals surface area contributed by atoms with Crippen LogP contribution in [0.4, 0.5) is 9.59 Å². The van der Waals surface area contributed by atoms with Crippen molar-refractivity contribution in [3.8, 4) is 11.3 Å². The molecule has 0 saturated heterocycles. The molecule has 3 atom stereocenters. The number of nitrogens with one attached hydrogen (secondary N) is 3. The number of pyridine rings is 1. The topological polar surface area (TPSA) is 142 Å². The summed E-state index contributed by atoms with van der Waals surface area (Å²) in [5, 5.41) is 18.9. The quantitative estimate of drug-likeness (QED) is 0.110. The maximum Gasteiger partial charge on any atom is 0.408 e. The summed E-state index contributed by atoms with van der Waals surface area (Å²) in [4.78, 5) is 44.3. The Bertz CT molecular complexity index is 1710. The van der Waals surface area contributed by atoms with Crippen LogP contribution >= 0.6 is 0 Å². The smallest absolute Gasteiger partial charge is 0.408 e. The van der Waals surface area contributed by atoms with Crippen LogP contribution in [0.25, 0.3) is 11.3 Å². The van der Waals surface area contributed by atoms with Gasteiger partial charge in [-0.15, -0.1) is 0 Å². The highest BCUT2D eigenvalue weighted by atomic mass is 16.6. The van der Waals surface area contributed by atoms with E-state index in [4.69, 9.17) is 9.47 Å². The standard InChI is InChI=1S/C41H51N5O6/c1-40(2,3)36(44-38(49)51-28-31-17-11-8-12-18-31)37(48)45-46(26-30-20-22-32(23-21-30)33-19-13-14-24-42-33)27-35(47)34(25-29-15-9-7-10-16-29)43-39(50)52-41(4,5)6/h7-24,34-36,47H,25-28H2,1-6H3,(H,43,50)(H,44,49)(H,45,48)/t34-,35-,36+/m0/s1. The van der Waals surface area contributed by atoms with Gasteiger partial charge in [0.2, 0.25) is 0 Å². The third kappa shape index (κ3) is 13.1. The molecule has 3 amide bonds. The monoisotopic (exact) mass is 709 g/mol. The van der Waals surface area contributed by atoms with E-state index >= 15 is 0 Å². The first-order valence-corrected chi connectivity index (χ1v) is 17.4. The zero-order valence-corrected chi connectivity index (χ0v) is 30.8. The number of carbonyl (C=O) groups is 3. The van der Waals surface area contributed by atoms with Gasteiger partial charge in [-0.1, -0.05) is 112 Å². The van der Waals surface area contributed by atoms with E-state index in [-0.39, 0.29) is 19.7 Å². The molecule has 3 aromatic carbocycles. The maximum atomic E-state index is 14.0. The molecule has 4 aromatic rings. The fraction of sp³-hybridized carbons (Fsp3) is 0.366. The van der Waals surface area contributed by atoms with Gasteiger partial charge in [-0.25, -0.2) is 14.6 Å². The van der Waals surface area contributed by atoms with Crippen molar-refractivity contribution in [3.63, 3.8) is 0 Å². The highest BCUT2D eigenvalue weighted by Crippen LogP contribution is 2.22. The fourth-order valence-corrected chi connectivity index (χ4v) is 5.43. The predicted octanol–water partition coefficient (Wildman–Crippen LogP) is 6.42. The molecular weight excluding hydrogens is 658 g/mol. The number of aliphatic hydroxyl groups excluding tert-OH is 1. The molecule has 52 heavy (non-hydrogen) atoms. The minimum Gasteiger partial charge on any atom is -0.445 e. The molecule has 11 nitrogen and oxygen atoms in total. The number of amides is 3. The Labute approximate surface area is 306 Å². The van der Waals surface area contributed by atoms with E-state index in [1.807, 2.05) is 124 Å². The van der Waals surface area contributed by atoms with Crippen LogP contribution < -0.4 is 16.1 Å². The molecule has 0 aliphatic rings. The Morgan fingerprint density at radius 3 is 1.94 bits per heavy atom. The zero-order chi connectivity index (χ0) is 37.7. The lowest BCUT2D eigenvalue weighted by Crippen LogP contribution is -2.59. The lowest BCUT2D eigenvalue weighted by molar-refractivity contribution is -0.131. The molecule has 4 N–H and O–H groups in total. The summed E-state index contributed by atoms with van der Waals surface area (Å²) in [7, 11) is 0. The number of nitrogens with zero attached hydrogens (tertiary/aromatic N) is 2. The third-order valence-electron chi connectivity index (χ3n) is 8.03. The lowest BCUT2D eigenvalue weighted by Gasteiger charge is -2.34. The fourth-order valence-electron chi connectivity index (χ4n) is 5.43. The number of hydrazine groups is 1. The van der Waals surface area contributed by atoms with Gasteiger partial charge in [-0.05, 0) is 61.4 Å². The Hall–Kier alpha value is -5.26. The van der Waals surface area contributed by atoms with Gasteiger partial charge in [-0.2, -0.15) is 0 Å². The molecule has 0 bridgehead atoms. The first kappa shape index (κ1) is 39.5. The summed E-state index contributed by atoms with van der Waals surface area (Å²) in [6.07, 6.45) is -0.519. The summed E-state index contributed by atoms with van der Waals surface area (Å²) >= 11 is 0. The molecule has 0 aliphatic carbocycles. The molecular formula is C41H51N5O6. The van der Waals surface area contributed by atoms with Crippen molar-refractivity contribution in [2.24, 2.45) is 5.41 Å². The van der Waals surface area contributed by atoms with Crippen LogP contribution in [0.1, 0.15) is 58.2 Å². The number of aliphatic hydroxyl groups is 1. The normalized spacial score (nSPS) is 13.4. The van der Waals surface area contributed by atoms with Crippen molar-refractivity contribution in [3.05, 3.63) is 126 Å². The second-order valence-corrected chi connectivity index (χ2v) is 14.8. The largest absolute Gasteiger partial charge is 0.445 e. The second kappa shape index (κ2) is 18.3. The number of hydrogen-bond donors (Lipinski definition) is 4.